The first-order valence-corrected chi connectivity index (χ1v) is 7.35. The molecular weight excluding hydrogens is 276 g/mol. The SMILES string of the molecule is Cc1ccc(C(=O)N2CCN(C(=O)c3ccccc3)C2)cc1. The Kier molecular flexibility index (Phi) is 3.92. The van der Waals surface area contributed by atoms with E-state index >= 15 is 0 Å². The van der Waals surface area contributed by atoms with Crippen LogP contribution in [0.5, 0.6) is 0 Å². The second-order valence-corrected chi connectivity index (χ2v) is 5.51. The average molecular weight is 294 g/mol. The van der Waals surface area contributed by atoms with E-state index in [0.717, 1.165) is 5.56 Å². The number of benzene rings is 2. The lowest BCUT2D eigenvalue weighted by Gasteiger charge is -2.18. The van der Waals surface area contributed by atoms with Crippen molar-refractivity contribution in [3.8, 4) is 0 Å². The summed E-state index contributed by atoms with van der Waals surface area (Å²) in [7, 11) is 0. The first-order valence-electron chi connectivity index (χ1n) is 7.35. The van der Waals surface area contributed by atoms with Crippen LogP contribution in [0.4, 0.5) is 0 Å². The zero-order valence-corrected chi connectivity index (χ0v) is 12.5. The van der Waals surface area contributed by atoms with Gasteiger partial charge in [-0.1, -0.05) is 35.9 Å². The third kappa shape index (κ3) is 2.86. The van der Waals surface area contributed by atoms with Crippen LogP contribution in [0.1, 0.15) is 26.3 Å². The largest absolute Gasteiger partial charge is 0.319 e. The minimum atomic E-state index is -0.0280. The normalized spacial score (nSPS) is 14.2. The molecule has 0 aromatic heterocycles. The maximum absolute atomic E-state index is 12.5. The van der Waals surface area contributed by atoms with Gasteiger partial charge in [0.1, 0.15) is 0 Å². The Hall–Kier alpha value is -2.62. The molecule has 0 unspecified atom stereocenters. The summed E-state index contributed by atoms with van der Waals surface area (Å²) in [5.74, 6) is -0.0526. The fourth-order valence-corrected chi connectivity index (χ4v) is 2.56. The van der Waals surface area contributed by atoms with E-state index in [9.17, 15) is 9.59 Å². The number of rotatable bonds is 2. The van der Waals surface area contributed by atoms with Crippen molar-refractivity contribution in [1.82, 2.24) is 9.80 Å². The molecule has 1 aliphatic rings. The zero-order valence-electron chi connectivity index (χ0n) is 12.5. The Morgan fingerprint density at radius 3 is 1.82 bits per heavy atom. The van der Waals surface area contributed by atoms with Gasteiger partial charge in [-0.15, -0.1) is 0 Å². The molecule has 0 bridgehead atoms. The van der Waals surface area contributed by atoms with Gasteiger partial charge < -0.3 is 9.80 Å². The van der Waals surface area contributed by atoms with Crippen molar-refractivity contribution in [1.29, 1.82) is 0 Å². The number of carbonyl (C=O) groups excluding carboxylic acids is 2. The smallest absolute Gasteiger partial charge is 0.255 e. The summed E-state index contributed by atoms with van der Waals surface area (Å²) in [5.41, 5.74) is 2.45. The van der Waals surface area contributed by atoms with E-state index in [0.29, 0.717) is 30.9 Å². The van der Waals surface area contributed by atoms with Crippen LogP contribution in [0.15, 0.2) is 54.6 Å². The van der Waals surface area contributed by atoms with Crippen LogP contribution >= 0.6 is 0 Å². The highest BCUT2D eigenvalue weighted by Crippen LogP contribution is 2.14. The maximum Gasteiger partial charge on any atom is 0.255 e. The van der Waals surface area contributed by atoms with E-state index in [4.69, 9.17) is 0 Å². The van der Waals surface area contributed by atoms with E-state index in [2.05, 4.69) is 0 Å². The van der Waals surface area contributed by atoms with E-state index < -0.39 is 0 Å². The van der Waals surface area contributed by atoms with E-state index in [-0.39, 0.29) is 11.8 Å². The van der Waals surface area contributed by atoms with Crippen LogP contribution < -0.4 is 0 Å². The quantitative estimate of drug-likeness (QED) is 0.854. The first kappa shape index (κ1) is 14.3. The highest BCUT2D eigenvalue weighted by Gasteiger charge is 2.28. The lowest BCUT2D eigenvalue weighted by Crippen LogP contribution is -2.34. The van der Waals surface area contributed by atoms with Crippen molar-refractivity contribution in [3.05, 3.63) is 71.3 Å². The molecule has 22 heavy (non-hydrogen) atoms. The van der Waals surface area contributed by atoms with Gasteiger partial charge in [-0.25, -0.2) is 0 Å². The van der Waals surface area contributed by atoms with Gasteiger partial charge >= 0.3 is 0 Å². The fraction of sp³-hybridized carbons (Fsp3) is 0.222. The predicted molar refractivity (Wildman–Crippen MR) is 84.6 cm³/mol. The lowest BCUT2D eigenvalue weighted by molar-refractivity contribution is 0.0701. The molecule has 1 aliphatic heterocycles. The van der Waals surface area contributed by atoms with Crippen LogP contribution in [-0.2, 0) is 0 Å². The summed E-state index contributed by atoms with van der Waals surface area (Å²) in [4.78, 5) is 28.3. The molecule has 1 saturated heterocycles. The topological polar surface area (TPSA) is 40.6 Å². The molecule has 2 amide bonds. The number of aryl methyl sites for hydroxylation is 1. The average Bonchev–Trinajstić information content (AvgIpc) is 3.05. The lowest BCUT2D eigenvalue weighted by atomic mass is 10.1. The Morgan fingerprint density at radius 1 is 0.773 bits per heavy atom. The molecule has 0 saturated carbocycles. The Bertz CT molecular complexity index is 680. The standard InChI is InChI=1S/C18H18N2O2/c1-14-7-9-16(10-8-14)18(22)20-12-11-19(13-20)17(21)15-5-3-2-4-6-15/h2-10H,11-13H2,1H3. The molecular formula is C18H18N2O2. The van der Waals surface area contributed by atoms with Crippen molar-refractivity contribution in [3.63, 3.8) is 0 Å². The predicted octanol–water partition coefficient (Wildman–Crippen LogP) is 2.55. The second-order valence-electron chi connectivity index (χ2n) is 5.51. The molecule has 112 valence electrons. The molecule has 1 fully saturated rings. The summed E-state index contributed by atoms with van der Waals surface area (Å²) < 4.78 is 0. The van der Waals surface area contributed by atoms with Gasteiger partial charge in [0.25, 0.3) is 11.8 Å². The highest BCUT2D eigenvalue weighted by atomic mass is 16.2. The van der Waals surface area contributed by atoms with Gasteiger partial charge in [0.2, 0.25) is 0 Å². The molecule has 0 atom stereocenters. The van der Waals surface area contributed by atoms with Crippen LogP contribution in [0.2, 0.25) is 0 Å². The summed E-state index contributed by atoms with van der Waals surface area (Å²) in [6.07, 6.45) is 0. The highest BCUT2D eigenvalue weighted by molar-refractivity contribution is 5.97. The van der Waals surface area contributed by atoms with E-state index in [1.54, 1.807) is 21.9 Å². The zero-order chi connectivity index (χ0) is 15.5. The third-order valence-corrected chi connectivity index (χ3v) is 3.87. The van der Waals surface area contributed by atoms with Crippen molar-refractivity contribution < 1.29 is 9.59 Å². The van der Waals surface area contributed by atoms with Crippen molar-refractivity contribution in [2.45, 2.75) is 6.92 Å². The van der Waals surface area contributed by atoms with Gasteiger partial charge in [-0.3, -0.25) is 9.59 Å². The number of hydrogen-bond acceptors (Lipinski definition) is 2. The molecule has 4 nitrogen and oxygen atoms in total. The minimum Gasteiger partial charge on any atom is -0.319 e. The maximum atomic E-state index is 12.5. The van der Waals surface area contributed by atoms with Gasteiger partial charge in [0, 0.05) is 24.2 Å². The third-order valence-electron chi connectivity index (χ3n) is 3.87. The van der Waals surface area contributed by atoms with Crippen molar-refractivity contribution >= 4 is 11.8 Å². The summed E-state index contributed by atoms with van der Waals surface area (Å²) in [5, 5.41) is 0. The summed E-state index contributed by atoms with van der Waals surface area (Å²) in [6, 6.07) is 16.7. The van der Waals surface area contributed by atoms with E-state index in [1.165, 1.54) is 0 Å². The summed E-state index contributed by atoms with van der Waals surface area (Å²) >= 11 is 0. The van der Waals surface area contributed by atoms with E-state index in [1.807, 2.05) is 49.4 Å². The van der Waals surface area contributed by atoms with Crippen LogP contribution in [0, 0.1) is 6.92 Å². The monoisotopic (exact) mass is 294 g/mol. The van der Waals surface area contributed by atoms with Crippen LogP contribution in [0.25, 0.3) is 0 Å². The van der Waals surface area contributed by atoms with Gasteiger partial charge in [0.05, 0.1) is 6.67 Å². The van der Waals surface area contributed by atoms with Gasteiger partial charge in [0.15, 0.2) is 0 Å². The first-order chi connectivity index (χ1) is 10.6. The van der Waals surface area contributed by atoms with Gasteiger partial charge in [-0.2, -0.15) is 0 Å². The van der Waals surface area contributed by atoms with Crippen molar-refractivity contribution in [2.24, 2.45) is 0 Å². The Morgan fingerprint density at radius 2 is 1.27 bits per heavy atom. The molecule has 2 aromatic carbocycles. The molecule has 0 aliphatic carbocycles. The summed E-state index contributed by atoms with van der Waals surface area (Å²) in [6.45, 7) is 3.49. The van der Waals surface area contributed by atoms with Crippen LogP contribution in [0.3, 0.4) is 0 Å². The number of amides is 2. The van der Waals surface area contributed by atoms with Crippen LogP contribution in [-0.4, -0.2) is 41.4 Å². The molecule has 0 radical (unpaired) electrons. The molecule has 4 heteroatoms. The second kappa shape index (κ2) is 6.02. The molecule has 1 heterocycles. The molecule has 3 rings (SSSR count). The van der Waals surface area contributed by atoms with Crippen molar-refractivity contribution in [2.75, 3.05) is 19.8 Å². The molecule has 0 spiro atoms. The molecule has 0 N–H and O–H groups in total. The molecule has 2 aromatic rings. The minimum absolute atomic E-state index is 0.0247. The van der Waals surface area contributed by atoms with Gasteiger partial charge in [-0.05, 0) is 31.2 Å². The number of carbonyl (C=O) groups is 2. The number of nitrogens with zero attached hydrogens (tertiary/aromatic N) is 2. The fourth-order valence-electron chi connectivity index (χ4n) is 2.56. The number of hydrogen-bond donors (Lipinski definition) is 0. The Labute approximate surface area is 130 Å². The Balaban J connectivity index is 1.68.